The summed E-state index contributed by atoms with van der Waals surface area (Å²) in [5.74, 6) is 1.06. The zero-order chi connectivity index (χ0) is 14.9. The first-order valence-electron chi connectivity index (χ1n) is 8.05. The van der Waals surface area contributed by atoms with E-state index in [1.165, 1.54) is 36.9 Å². The lowest BCUT2D eigenvalue weighted by Crippen LogP contribution is -2.04. The maximum absolute atomic E-state index is 6.02. The summed E-state index contributed by atoms with van der Waals surface area (Å²) in [6, 6.07) is 2.23. The molecule has 1 aliphatic rings. The van der Waals surface area contributed by atoms with E-state index in [-0.39, 0.29) is 0 Å². The summed E-state index contributed by atoms with van der Waals surface area (Å²) in [5.41, 5.74) is 4.98. The van der Waals surface area contributed by atoms with Gasteiger partial charge in [0.05, 0.1) is 5.39 Å². The van der Waals surface area contributed by atoms with Gasteiger partial charge < -0.3 is 4.42 Å². The van der Waals surface area contributed by atoms with Gasteiger partial charge in [0.25, 0.3) is 0 Å². The molecular weight excluding hydrogens is 294 g/mol. The number of aryl methyl sites for hydroxylation is 2. The van der Waals surface area contributed by atoms with E-state index in [2.05, 4.69) is 23.0 Å². The molecule has 0 saturated carbocycles. The topological polar surface area (TPSA) is 51.8 Å². The first-order chi connectivity index (χ1) is 10.9. The minimum atomic E-state index is 0.716. The minimum absolute atomic E-state index is 0.716. The van der Waals surface area contributed by atoms with Crippen LogP contribution < -0.4 is 0 Å². The third-order valence-corrected chi connectivity index (χ3v) is 5.28. The summed E-state index contributed by atoms with van der Waals surface area (Å²) in [4.78, 5) is 13.6. The Morgan fingerprint density at radius 3 is 3.05 bits per heavy atom. The van der Waals surface area contributed by atoms with Gasteiger partial charge in [-0.05, 0) is 49.5 Å². The molecular formula is C17H19N3OS. The molecule has 0 fully saturated rings. The Bertz CT molecular complexity index is 827. The molecule has 3 aromatic heterocycles. The summed E-state index contributed by atoms with van der Waals surface area (Å²) < 4.78 is 6.02. The fraction of sp³-hybridized carbons (Fsp3) is 0.471. The van der Waals surface area contributed by atoms with E-state index in [1.54, 1.807) is 18.1 Å². The maximum atomic E-state index is 6.02. The number of thioether (sulfide) groups is 1. The van der Waals surface area contributed by atoms with Crippen LogP contribution in [0, 0.1) is 0 Å². The highest BCUT2D eigenvalue weighted by atomic mass is 32.2. The molecule has 5 heteroatoms. The predicted molar refractivity (Wildman–Crippen MR) is 89.4 cm³/mol. The Kier molecular flexibility index (Phi) is 3.74. The van der Waals surface area contributed by atoms with Gasteiger partial charge in [-0.3, -0.25) is 0 Å². The smallest absolute Gasteiger partial charge is 0.229 e. The summed E-state index contributed by atoms with van der Waals surface area (Å²) >= 11 is 1.75. The molecule has 3 aromatic rings. The number of nitrogens with zero attached hydrogens (tertiary/aromatic N) is 3. The molecule has 0 bridgehead atoms. The zero-order valence-electron chi connectivity index (χ0n) is 12.8. The summed E-state index contributed by atoms with van der Waals surface area (Å²) in [5, 5.41) is 1.98. The quantitative estimate of drug-likeness (QED) is 0.402. The van der Waals surface area contributed by atoms with Gasteiger partial charge in [0.2, 0.25) is 5.71 Å². The molecule has 114 valence electrons. The normalized spacial score (nSPS) is 14.6. The van der Waals surface area contributed by atoms with Gasteiger partial charge in [0.15, 0.2) is 5.58 Å². The Balaban J connectivity index is 1.84. The first-order valence-corrected chi connectivity index (χ1v) is 9.04. The first kappa shape index (κ1) is 14.0. The second-order valence-corrected chi connectivity index (χ2v) is 6.90. The highest BCUT2D eigenvalue weighted by Gasteiger charge is 2.18. The van der Waals surface area contributed by atoms with Crippen LogP contribution in [0.2, 0.25) is 0 Å². The molecule has 4 rings (SSSR count). The van der Waals surface area contributed by atoms with E-state index in [4.69, 9.17) is 9.40 Å². The van der Waals surface area contributed by atoms with Crippen molar-refractivity contribution in [2.75, 3.05) is 5.75 Å². The van der Waals surface area contributed by atoms with Crippen molar-refractivity contribution in [3.63, 3.8) is 0 Å². The van der Waals surface area contributed by atoms with Crippen molar-refractivity contribution in [2.24, 2.45) is 0 Å². The fourth-order valence-electron chi connectivity index (χ4n) is 3.02. The van der Waals surface area contributed by atoms with Gasteiger partial charge in [0, 0.05) is 5.69 Å². The number of unbranched alkanes of at least 4 members (excludes halogenated alkanes) is 1. The van der Waals surface area contributed by atoms with Crippen molar-refractivity contribution in [1.29, 1.82) is 0 Å². The van der Waals surface area contributed by atoms with E-state index >= 15 is 0 Å². The molecule has 3 heterocycles. The minimum Gasteiger partial charge on any atom is -0.433 e. The van der Waals surface area contributed by atoms with Gasteiger partial charge in [0.1, 0.15) is 16.9 Å². The molecule has 0 N–H and O–H groups in total. The van der Waals surface area contributed by atoms with E-state index < -0.39 is 0 Å². The van der Waals surface area contributed by atoms with Crippen molar-refractivity contribution < 1.29 is 4.42 Å². The van der Waals surface area contributed by atoms with E-state index in [1.807, 2.05) is 0 Å². The Labute approximate surface area is 133 Å². The van der Waals surface area contributed by atoms with Crippen molar-refractivity contribution in [2.45, 2.75) is 50.5 Å². The van der Waals surface area contributed by atoms with Crippen LogP contribution >= 0.6 is 11.8 Å². The molecule has 0 saturated heterocycles. The molecule has 1 aliphatic carbocycles. The zero-order valence-corrected chi connectivity index (χ0v) is 13.6. The molecule has 0 unspecified atom stereocenters. The third-order valence-electron chi connectivity index (χ3n) is 4.23. The van der Waals surface area contributed by atoms with Crippen LogP contribution in [0.15, 0.2) is 21.8 Å². The fourth-order valence-corrected chi connectivity index (χ4v) is 4.03. The Hall–Kier alpha value is -1.62. The lowest BCUT2D eigenvalue weighted by molar-refractivity contribution is 0.624. The number of hydrogen-bond donors (Lipinski definition) is 0. The summed E-state index contributed by atoms with van der Waals surface area (Å²) in [6.07, 6.45) is 8.68. The number of rotatable bonds is 4. The number of fused-ring (bicyclic) bond motifs is 4. The molecule has 0 aliphatic heterocycles. The molecule has 22 heavy (non-hydrogen) atoms. The SMILES string of the molecule is CCCCSc1ncnc2c1oc1nc3c(cc12)CCCC3. The molecule has 0 spiro atoms. The number of hydrogen-bond acceptors (Lipinski definition) is 5. The van der Waals surface area contributed by atoms with Crippen LogP contribution in [0.4, 0.5) is 0 Å². The second-order valence-electron chi connectivity index (χ2n) is 5.81. The number of furan rings is 1. The van der Waals surface area contributed by atoms with Crippen LogP contribution in [-0.4, -0.2) is 20.7 Å². The maximum Gasteiger partial charge on any atom is 0.229 e. The standard InChI is InChI=1S/C17H19N3OS/c1-2-3-8-22-17-15-14(18-10-19-17)12-9-11-6-4-5-7-13(11)20-16(12)21-15/h9-10H,2-8H2,1H3. The van der Waals surface area contributed by atoms with E-state index in [0.29, 0.717) is 5.71 Å². The van der Waals surface area contributed by atoms with Crippen molar-refractivity contribution in [3.8, 4) is 0 Å². The third kappa shape index (κ3) is 2.37. The monoisotopic (exact) mass is 313 g/mol. The van der Waals surface area contributed by atoms with Crippen LogP contribution in [0.5, 0.6) is 0 Å². The average molecular weight is 313 g/mol. The average Bonchev–Trinajstić information content (AvgIpc) is 2.91. The Morgan fingerprint density at radius 1 is 1.23 bits per heavy atom. The molecule has 0 aromatic carbocycles. The van der Waals surface area contributed by atoms with E-state index in [0.717, 1.165) is 40.1 Å². The van der Waals surface area contributed by atoms with Gasteiger partial charge in [-0.25, -0.2) is 15.0 Å². The van der Waals surface area contributed by atoms with Crippen LogP contribution in [0.1, 0.15) is 43.9 Å². The Morgan fingerprint density at radius 2 is 2.14 bits per heavy atom. The highest BCUT2D eigenvalue weighted by Crippen LogP contribution is 2.34. The van der Waals surface area contributed by atoms with Crippen LogP contribution in [0.3, 0.4) is 0 Å². The van der Waals surface area contributed by atoms with Gasteiger partial charge in [-0.2, -0.15) is 0 Å². The second kappa shape index (κ2) is 5.88. The van der Waals surface area contributed by atoms with Gasteiger partial charge in [-0.1, -0.05) is 13.3 Å². The van der Waals surface area contributed by atoms with Crippen molar-refractivity contribution >= 4 is 34.0 Å². The van der Waals surface area contributed by atoms with Gasteiger partial charge in [-0.15, -0.1) is 11.8 Å². The number of pyridine rings is 1. The molecule has 0 radical (unpaired) electrons. The van der Waals surface area contributed by atoms with Gasteiger partial charge >= 0.3 is 0 Å². The lowest BCUT2D eigenvalue weighted by Gasteiger charge is -2.13. The summed E-state index contributed by atoms with van der Waals surface area (Å²) in [6.45, 7) is 2.20. The van der Waals surface area contributed by atoms with Crippen molar-refractivity contribution in [1.82, 2.24) is 15.0 Å². The summed E-state index contributed by atoms with van der Waals surface area (Å²) in [7, 11) is 0. The van der Waals surface area contributed by atoms with Crippen molar-refractivity contribution in [3.05, 3.63) is 23.7 Å². The molecule has 0 amide bonds. The number of aromatic nitrogens is 3. The lowest BCUT2D eigenvalue weighted by atomic mass is 9.95. The predicted octanol–water partition coefficient (Wildman–Crippen LogP) is 4.54. The molecule has 0 atom stereocenters. The van der Waals surface area contributed by atoms with E-state index in [9.17, 15) is 0 Å². The highest BCUT2D eigenvalue weighted by molar-refractivity contribution is 7.99. The largest absolute Gasteiger partial charge is 0.433 e. The molecule has 4 nitrogen and oxygen atoms in total. The van der Waals surface area contributed by atoms with Crippen LogP contribution in [0.25, 0.3) is 22.2 Å². The van der Waals surface area contributed by atoms with Crippen LogP contribution in [-0.2, 0) is 12.8 Å².